The molecule has 0 aliphatic carbocycles. The van der Waals surface area contributed by atoms with Crippen LogP contribution in [0.2, 0.25) is 5.02 Å². The maximum absolute atomic E-state index is 12.5. The van der Waals surface area contributed by atoms with E-state index in [9.17, 15) is 4.79 Å². The molecule has 134 valence electrons. The molecule has 2 N–H and O–H groups in total. The molecule has 0 aliphatic heterocycles. The molecule has 0 radical (unpaired) electrons. The fraction of sp³-hybridized carbons (Fsp3) is 0.0909. The Bertz CT molecular complexity index is 1080. The average Bonchev–Trinajstić information content (AvgIpc) is 3.14. The van der Waals surface area contributed by atoms with Gasteiger partial charge in [0.1, 0.15) is 5.69 Å². The highest BCUT2D eigenvalue weighted by Gasteiger charge is 2.21. The lowest BCUT2D eigenvalue weighted by molar-refractivity contribution is 0.0947. The number of halogens is 1. The van der Waals surface area contributed by atoms with Crippen molar-refractivity contribution in [3.63, 3.8) is 0 Å². The summed E-state index contributed by atoms with van der Waals surface area (Å²) in [5, 5.41) is 4.80. The number of hydrogen-bond acceptors (Lipinski definition) is 2. The standard InChI is InChI=1S/C22H18ClN3O/c23-19-9-3-1-7-15(19)17(14-26-22(27)21-11-5-6-12-24-21)18-13-25-20-10-4-2-8-16(18)20/h1-13,17,25H,14H2,(H,26,27)/t17-/m0/s1. The van der Waals surface area contributed by atoms with Crippen LogP contribution < -0.4 is 5.32 Å². The van der Waals surface area contributed by atoms with Gasteiger partial charge in [-0.15, -0.1) is 0 Å². The Kier molecular flexibility index (Phi) is 4.90. The molecule has 4 nitrogen and oxygen atoms in total. The normalized spacial score (nSPS) is 12.0. The molecule has 0 saturated carbocycles. The molecule has 1 atom stereocenters. The number of hydrogen-bond donors (Lipinski definition) is 2. The van der Waals surface area contributed by atoms with Gasteiger partial charge in [0.05, 0.1) is 0 Å². The van der Waals surface area contributed by atoms with Crippen LogP contribution in [-0.4, -0.2) is 22.4 Å². The number of aromatic amines is 1. The van der Waals surface area contributed by atoms with E-state index in [0.29, 0.717) is 17.3 Å². The van der Waals surface area contributed by atoms with Gasteiger partial charge in [0, 0.05) is 40.8 Å². The van der Waals surface area contributed by atoms with Crippen LogP contribution in [0.5, 0.6) is 0 Å². The van der Waals surface area contributed by atoms with Crippen molar-refractivity contribution in [3.05, 3.63) is 101 Å². The van der Waals surface area contributed by atoms with Gasteiger partial charge in [-0.2, -0.15) is 0 Å². The van der Waals surface area contributed by atoms with E-state index < -0.39 is 0 Å². The van der Waals surface area contributed by atoms with Gasteiger partial charge in [-0.25, -0.2) is 0 Å². The largest absolute Gasteiger partial charge is 0.361 e. The SMILES string of the molecule is O=C(NC[C@@H](c1ccccc1Cl)c1c[nH]c2ccccc12)c1ccccn1. The van der Waals surface area contributed by atoms with Gasteiger partial charge >= 0.3 is 0 Å². The average molecular weight is 376 g/mol. The number of carbonyl (C=O) groups excluding carboxylic acids is 1. The molecule has 5 heteroatoms. The quantitative estimate of drug-likeness (QED) is 0.527. The number of rotatable bonds is 5. The molecule has 0 aliphatic rings. The van der Waals surface area contributed by atoms with Crippen molar-refractivity contribution in [2.45, 2.75) is 5.92 Å². The van der Waals surface area contributed by atoms with Gasteiger partial charge in [0.25, 0.3) is 5.91 Å². The van der Waals surface area contributed by atoms with Crippen LogP contribution >= 0.6 is 11.6 Å². The lowest BCUT2D eigenvalue weighted by atomic mass is 9.90. The molecule has 2 aromatic carbocycles. The zero-order chi connectivity index (χ0) is 18.6. The van der Waals surface area contributed by atoms with Crippen molar-refractivity contribution in [3.8, 4) is 0 Å². The molecule has 0 fully saturated rings. The van der Waals surface area contributed by atoms with Crippen molar-refractivity contribution >= 4 is 28.4 Å². The summed E-state index contributed by atoms with van der Waals surface area (Å²) in [5.41, 5.74) is 3.53. The van der Waals surface area contributed by atoms with E-state index in [0.717, 1.165) is 22.0 Å². The number of para-hydroxylation sites is 1. The van der Waals surface area contributed by atoms with Gasteiger partial charge < -0.3 is 10.3 Å². The third kappa shape index (κ3) is 3.57. The summed E-state index contributed by atoms with van der Waals surface area (Å²) in [6.45, 7) is 0.418. The number of nitrogens with one attached hydrogen (secondary N) is 2. The lowest BCUT2D eigenvalue weighted by Crippen LogP contribution is -2.29. The Morgan fingerprint density at radius 1 is 1.00 bits per heavy atom. The first kappa shape index (κ1) is 17.3. The number of amides is 1. The minimum absolute atomic E-state index is 0.0810. The minimum Gasteiger partial charge on any atom is -0.361 e. The highest BCUT2D eigenvalue weighted by Crippen LogP contribution is 2.34. The van der Waals surface area contributed by atoms with Crippen molar-refractivity contribution in [2.75, 3.05) is 6.54 Å². The first-order valence-electron chi connectivity index (χ1n) is 8.73. The zero-order valence-corrected chi connectivity index (χ0v) is 15.3. The molecule has 0 spiro atoms. The Hall–Kier alpha value is -3.11. The number of H-pyrrole nitrogens is 1. The predicted molar refractivity (Wildman–Crippen MR) is 108 cm³/mol. The maximum Gasteiger partial charge on any atom is 0.269 e. The first-order chi connectivity index (χ1) is 13.2. The molecule has 4 aromatic rings. The summed E-state index contributed by atoms with van der Waals surface area (Å²) < 4.78 is 0. The molecule has 4 rings (SSSR count). The second kappa shape index (κ2) is 7.64. The monoisotopic (exact) mass is 375 g/mol. The second-order valence-electron chi connectivity index (χ2n) is 6.29. The van der Waals surface area contributed by atoms with Crippen LogP contribution in [0.25, 0.3) is 10.9 Å². The highest BCUT2D eigenvalue weighted by atomic mass is 35.5. The molecule has 1 amide bonds. The Morgan fingerprint density at radius 3 is 2.59 bits per heavy atom. The van der Waals surface area contributed by atoms with Crippen molar-refractivity contribution in [1.82, 2.24) is 15.3 Å². The van der Waals surface area contributed by atoms with Gasteiger partial charge in [-0.05, 0) is 35.4 Å². The molecular formula is C22H18ClN3O. The predicted octanol–water partition coefficient (Wildman–Crippen LogP) is 4.78. The Labute approximate surface area is 162 Å². The van der Waals surface area contributed by atoms with Crippen LogP contribution in [0.1, 0.15) is 27.5 Å². The maximum atomic E-state index is 12.5. The van der Waals surface area contributed by atoms with Crippen LogP contribution in [-0.2, 0) is 0 Å². The third-order valence-electron chi connectivity index (χ3n) is 4.64. The Balaban J connectivity index is 1.69. The van der Waals surface area contributed by atoms with E-state index >= 15 is 0 Å². The van der Waals surface area contributed by atoms with E-state index in [-0.39, 0.29) is 11.8 Å². The summed E-state index contributed by atoms with van der Waals surface area (Å²) in [7, 11) is 0. The number of aromatic nitrogens is 2. The summed E-state index contributed by atoms with van der Waals surface area (Å²) in [6, 6.07) is 21.1. The molecule has 27 heavy (non-hydrogen) atoms. The number of carbonyl (C=O) groups is 1. The fourth-order valence-electron chi connectivity index (χ4n) is 3.31. The van der Waals surface area contributed by atoms with E-state index in [1.807, 2.05) is 48.7 Å². The van der Waals surface area contributed by atoms with Gasteiger partial charge in [-0.1, -0.05) is 54.1 Å². The van der Waals surface area contributed by atoms with Crippen LogP contribution in [0.4, 0.5) is 0 Å². The third-order valence-corrected chi connectivity index (χ3v) is 4.99. The number of pyridine rings is 1. The summed E-state index contributed by atoms with van der Waals surface area (Å²) in [6.07, 6.45) is 3.60. The lowest BCUT2D eigenvalue weighted by Gasteiger charge is -2.19. The van der Waals surface area contributed by atoms with Gasteiger partial charge in [0.15, 0.2) is 0 Å². The number of benzene rings is 2. The molecule has 2 heterocycles. The topological polar surface area (TPSA) is 57.8 Å². The smallest absolute Gasteiger partial charge is 0.269 e. The molecule has 0 saturated heterocycles. The van der Waals surface area contributed by atoms with E-state index in [2.05, 4.69) is 21.4 Å². The summed E-state index contributed by atoms with van der Waals surface area (Å²) in [5.74, 6) is -0.282. The number of fused-ring (bicyclic) bond motifs is 1. The summed E-state index contributed by atoms with van der Waals surface area (Å²) in [4.78, 5) is 19.9. The van der Waals surface area contributed by atoms with E-state index in [1.54, 1.807) is 24.4 Å². The van der Waals surface area contributed by atoms with Crippen LogP contribution in [0.15, 0.2) is 79.1 Å². The zero-order valence-electron chi connectivity index (χ0n) is 14.5. The summed E-state index contributed by atoms with van der Waals surface area (Å²) >= 11 is 6.48. The second-order valence-corrected chi connectivity index (χ2v) is 6.70. The fourth-order valence-corrected chi connectivity index (χ4v) is 3.58. The highest BCUT2D eigenvalue weighted by molar-refractivity contribution is 6.31. The molecular weight excluding hydrogens is 358 g/mol. The number of nitrogens with zero attached hydrogens (tertiary/aromatic N) is 1. The van der Waals surface area contributed by atoms with E-state index in [1.165, 1.54) is 0 Å². The van der Waals surface area contributed by atoms with Crippen molar-refractivity contribution in [1.29, 1.82) is 0 Å². The van der Waals surface area contributed by atoms with Crippen LogP contribution in [0.3, 0.4) is 0 Å². The van der Waals surface area contributed by atoms with E-state index in [4.69, 9.17) is 11.6 Å². The first-order valence-corrected chi connectivity index (χ1v) is 9.11. The molecule has 0 unspecified atom stereocenters. The molecule has 2 aromatic heterocycles. The Morgan fingerprint density at radius 2 is 1.78 bits per heavy atom. The molecule has 0 bridgehead atoms. The van der Waals surface area contributed by atoms with Gasteiger partial charge in [0.2, 0.25) is 0 Å². The van der Waals surface area contributed by atoms with Crippen molar-refractivity contribution in [2.24, 2.45) is 0 Å². The van der Waals surface area contributed by atoms with Gasteiger partial charge in [-0.3, -0.25) is 9.78 Å². The minimum atomic E-state index is -0.201. The van der Waals surface area contributed by atoms with Crippen LogP contribution in [0, 0.1) is 0 Å². The van der Waals surface area contributed by atoms with Crippen molar-refractivity contribution < 1.29 is 4.79 Å².